The van der Waals surface area contributed by atoms with Gasteiger partial charge >= 0.3 is 0 Å². The first-order valence-electron chi connectivity index (χ1n) is 7.93. The van der Waals surface area contributed by atoms with Crippen molar-refractivity contribution in [3.63, 3.8) is 0 Å². The van der Waals surface area contributed by atoms with Gasteiger partial charge in [-0.15, -0.1) is 0 Å². The van der Waals surface area contributed by atoms with Crippen molar-refractivity contribution in [2.75, 3.05) is 13.7 Å². The van der Waals surface area contributed by atoms with Gasteiger partial charge in [-0.2, -0.15) is 0 Å². The predicted octanol–water partition coefficient (Wildman–Crippen LogP) is 3.71. The van der Waals surface area contributed by atoms with Gasteiger partial charge < -0.3 is 19.9 Å². The molecular weight excluding hydrogens is 326 g/mol. The highest BCUT2D eigenvalue weighted by Gasteiger charge is 2.12. The van der Waals surface area contributed by atoms with E-state index < -0.39 is 0 Å². The molecular formula is C19H24ClNO3. The lowest BCUT2D eigenvalue weighted by atomic mass is 10.1. The molecule has 0 saturated heterocycles. The van der Waals surface area contributed by atoms with E-state index in [1.165, 1.54) is 5.56 Å². The molecule has 24 heavy (non-hydrogen) atoms. The minimum absolute atomic E-state index is 0.389. The molecule has 0 unspecified atom stereocenters. The quantitative estimate of drug-likeness (QED) is 0.763. The average molecular weight is 350 g/mol. The van der Waals surface area contributed by atoms with Gasteiger partial charge in [-0.25, -0.2) is 0 Å². The number of aliphatic hydroxyl groups is 1. The Balaban J connectivity index is 2.07. The molecule has 1 atom stereocenters. The number of benzene rings is 2. The van der Waals surface area contributed by atoms with Gasteiger partial charge in [-0.1, -0.05) is 41.4 Å². The molecule has 4 nitrogen and oxygen atoms in total. The molecule has 0 aromatic heterocycles. The van der Waals surface area contributed by atoms with E-state index in [1.54, 1.807) is 14.0 Å². The molecule has 2 rings (SSSR count). The smallest absolute Gasteiger partial charge is 0.180 e. The first kappa shape index (κ1) is 18.6. The van der Waals surface area contributed by atoms with E-state index in [0.717, 1.165) is 11.1 Å². The largest absolute Gasteiger partial charge is 0.493 e. The van der Waals surface area contributed by atoms with Crippen molar-refractivity contribution in [3.8, 4) is 11.5 Å². The third-order valence-electron chi connectivity index (χ3n) is 3.56. The second-order valence-corrected chi connectivity index (χ2v) is 6.27. The van der Waals surface area contributed by atoms with Gasteiger partial charge in [0.05, 0.1) is 18.2 Å². The van der Waals surface area contributed by atoms with E-state index in [-0.39, 0.29) is 6.10 Å². The standard InChI is InChI=1S/C19H24ClNO3/c1-13-4-6-15(7-5-13)12-24-19-17(20)8-16(9-18(19)23-3)11-21-10-14(2)22/h4-9,14,21-22H,10-12H2,1-3H3/t14-/m1/s1. The van der Waals surface area contributed by atoms with Gasteiger partial charge in [0.15, 0.2) is 11.5 Å². The lowest BCUT2D eigenvalue weighted by molar-refractivity contribution is 0.191. The Morgan fingerprint density at radius 1 is 1.17 bits per heavy atom. The lowest BCUT2D eigenvalue weighted by Gasteiger charge is -2.15. The molecule has 0 amide bonds. The first-order chi connectivity index (χ1) is 11.5. The highest BCUT2D eigenvalue weighted by Crippen LogP contribution is 2.37. The van der Waals surface area contributed by atoms with Crippen LogP contribution in [0.25, 0.3) is 0 Å². The number of hydrogen-bond acceptors (Lipinski definition) is 4. The second kappa shape index (κ2) is 8.92. The Morgan fingerprint density at radius 3 is 2.50 bits per heavy atom. The number of aryl methyl sites for hydroxylation is 1. The Hall–Kier alpha value is -1.75. The molecule has 0 heterocycles. The third-order valence-corrected chi connectivity index (χ3v) is 3.84. The average Bonchev–Trinajstić information content (AvgIpc) is 2.54. The zero-order chi connectivity index (χ0) is 17.5. The SMILES string of the molecule is COc1cc(CNC[C@@H](C)O)cc(Cl)c1OCc1ccc(C)cc1. The van der Waals surface area contributed by atoms with Crippen LogP contribution in [0.3, 0.4) is 0 Å². The molecule has 0 aliphatic rings. The van der Waals surface area contributed by atoms with E-state index in [2.05, 4.69) is 24.4 Å². The maximum Gasteiger partial charge on any atom is 0.180 e. The van der Waals surface area contributed by atoms with Crippen molar-refractivity contribution < 1.29 is 14.6 Å². The fourth-order valence-corrected chi connectivity index (χ4v) is 2.57. The molecule has 0 saturated carbocycles. The predicted molar refractivity (Wildman–Crippen MR) is 96.9 cm³/mol. The summed E-state index contributed by atoms with van der Waals surface area (Å²) in [7, 11) is 1.59. The third kappa shape index (κ3) is 5.41. The van der Waals surface area contributed by atoms with Crippen LogP contribution in [0.4, 0.5) is 0 Å². The molecule has 5 heteroatoms. The van der Waals surface area contributed by atoms with Crippen LogP contribution in [0.5, 0.6) is 11.5 Å². The molecule has 2 N–H and O–H groups in total. The summed E-state index contributed by atoms with van der Waals surface area (Å²) in [5.74, 6) is 1.14. The van der Waals surface area contributed by atoms with Crippen LogP contribution >= 0.6 is 11.6 Å². The summed E-state index contributed by atoms with van der Waals surface area (Å²) in [6, 6.07) is 11.9. The zero-order valence-corrected chi connectivity index (χ0v) is 15.1. The topological polar surface area (TPSA) is 50.7 Å². The Labute approximate surface area is 148 Å². The van der Waals surface area contributed by atoms with Crippen molar-refractivity contribution in [2.24, 2.45) is 0 Å². The minimum Gasteiger partial charge on any atom is -0.493 e. The number of ether oxygens (including phenoxy) is 2. The first-order valence-corrected chi connectivity index (χ1v) is 8.31. The normalized spacial score (nSPS) is 12.0. The van der Waals surface area contributed by atoms with Crippen LogP contribution in [0.2, 0.25) is 5.02 Å². The second-order valence-electron chi connectivity index (χ2n) is 5.86. The van der Waals surface area contributed by atoms with Gasteiger partial charge in [-0.3, -0.25) is 0 Å². The van der Waals surface area contributed by atoms with E-state index in [0.29, 0.717) is 36.2 Å². The van der Waals surface area contributed by atoms with Crippen molar-refractivity contribution in [1.29, 1.82) is 0 Å². The molecule has 0 spiro atoms. The summed E-state index contributed by atoms with van der Waals surface area (Å²) >= 11 is 6.36. The molecule has 130 valence electrons. The summed E-state index contributed by atoms with van der Waals surface area (Å²) in [5, 5.41) is 13.0. The molecule has 0 aliphatic heterocycles. The Bertz CT molecular complexity index is 656. The Kier molecular flexibility index (Phi) is 6.91. The van der Waals surface area contributed by atoms with Crippen molar-refractivity contribution >= 4 is 11.6 Å². The van der Waals surface area contributed by atoms with Crippen LogP contribution in [0.15, 0.2) is 36.4 Å². The highest BCUT2D eigenvalue weighted by atomic mass is 35.5. The molecule has 0 fully saturated rings. The monoisotopic (exact) mass is 349 g/mol. The van der Waals surface area contributed by atoms with Crippen LogP contribution < -0.4 is 14.8 Å². The fourth-order valence-electron chi connectivity index (χ4n) is 2.28. The van der Waals surface area contributed by atoms with Crippen molar-refractivity contribution in [3.05, 3.63) is 58.1 Å². The van der Waals surface area contributed by atoms with Crippen molar-refractivity contribution in [1.82, 2.24) is 5.32 Å². The van der Waals surface area contributed by atoms with Crippen molar-refractivity contribution in [2.45, 2.75) is 33.1 Å². The summed E-state index contributed by atoms with van der Waals surface area (Å²) in [6.45, 7) is 5.33. The van der Waals surface area contributed by atoms with Gasteiger partial charge in [0.2, 0.25) is 0 Å². The zero-order valence-electron chi connectivity index (χ0n) is 14.3. The van der Waals surface area contributed by atoms with E-state index >= 15 is 0 Å². The van der Waals surface area contributed by atoms with E-state index in [4.69, 9.17) is 21.1 Å². The summed E-state index contributed by atoms with van der Waals surface area (Å²) in [5.41, 5.74) is 3.25. The number of halogens is 1. The molecule has 0 bridgehead atoms. The number of nitrogens with one attached hydrogen (secondary N) is 1. The molecule has 2 aromatic rings. The van der Waals surface area contributed by atoms with Crippen LogP contribution in [0, 0.1) is 6.92 Å². The number of rotatable bonds is 8. The molecule has 0 radical (unpaired) electrons. The summed E-state index contributed by atoms with van der Waals surface area (Å²) < 4.78 is 11.3. The van der Waals surface area contributed by atoms with Crippen LogP contribution in [-0.2, 0) is 13.2 Å². The summed E-state index contributed by atoms with van der Waals surface area (Å²) in [4.78, 5) is 0. The van der Waals surface area contributed by atoms with Gasteiger partial charge in [0.25, 0.3) is 0 Å². The van der Waals surface area contributed by atoms with E-state index in [1.807, 2.05) is 24.3 Å². The maximum atomic E-state index is 9.29. The molecule has 0 aliphatic carbocycles. The van der Waals surface area contributed by atoms with Gasteiger partial charge in [-0.05, 0) is 37.1 Å². The van der Waals surface area contributed by atoms with Crippen LogP contribution in [0.1, 0.15) is 23.6 Å². The number of aliphatic hydroxyl groups excluding tert-OH is 1. The Morgan fingerprint density at radius 2 is 1.88 bits per heavy atom. The number of hydrogen-bond donors (Lipinski definition) is 2. The number of methoxy groups -OCH3 is 1. The van der Waals surface area contributed by atoms with Crippen LogP contribution in [-0.4, -0.2) is 24.9 Å². The maximum absolute atomic E-state index is 9.29. The molecule has 2 aromatic carbocycles. The lowest BCUT2D eigenvalue weighted by Crippen LogP contribution is -2.23. The highest BCUT2D eigenvalue weighted by molar-refractivity contribution is 6.32. The van der Waals surface area contributed by atoms with Gasteiger partial charge in [0, 0.05) is 13.1 Å². The summed E-state index contributed by atoms with van der Waals surface area (Å²) in [6.07, 6.45) is -0.389. The minimum atomic E-state index is -0.389. The van der Waals surface area contributed by atoms with Gasteiger partial charge in [0.1, 0.15) is 6.61 Å². The fraction of sp³-hybridized carbons (Fsp3) is 0.368. The van der Waals surface area contributed by atoms with E-state index in [9.17, 15) is 5.11 Å².